The number of aromatic nitrogens is 1. The molecule has 0 aliphatic heterocycles. The average Bonchev–Trinajstić information content (AvgIpc) is 3.11. The number of thiazole rings is 1. The highest BCUT2D eigenvalue weighted by molar-refractivity contribution is 7.22. The summed E-state index contributed by atoms with van der Waals surface area (Å²) in [7, 11) is 0. The molecule has 0 radical (unpaired) electrons. The minimum Gasteiger partial charge on any atom is -0.396 e. The Morgan fingerprint density at radius 2 is 2.14 bits per heavy atom. The fraction of sp³-hybridized carbons (Fsp3) is 0.467. The van der Waals surface area contributed by atoms with Gasteiger partial charge in [-0.3, -0.25) is 4.79 Å². The molecule has 2 aromatic rings. The summed E-state index contributed by atoms with van der Waals surface area (Å²) >= 11 is 3.09. The monoisotopic (exact) mass is 324 g/mol. The molecule has 0 aliphatic carbocycles. The van der Waals surface area contributed by atoms with Crippen molar-refractivity contribution in [1.82, 2.24) is 10.3 Å². The number of rotatable bonds is 8. The Morgan fingerprint density at radius 3 is 2.86 bits per heavy atom. The smallest absolute Gasteiger partial charge is 0.263 e. The minimum absolute atomic E-state index is 0.0324. The molecule has 2 N–H and O–H groups in total. The first kappa shape index (κ1) is 16.1. The van der Waals surface area contributed by atoms with Crippen LogP contribution in [0.3, 0.4) is 0 Å². The van der Waals surface area contributed by atoms with Crippen molar-refractivity contribution >= 4 is 28.6 Å². The van der Waals surface area contributed by atoms with Crippen molar-refractivity contribution < 1.29 is 9.90 Å². The van der Waals surface area contributed by atoms with Gasteiger partial charge in [0.15, 0.2) is 0 Å². The van der Waals surface area contributed by atoms with Gasteiger partial charge in [0, 0.05) is 13.2 Å². The van der Waals surface area contributed by atoms with E-state index in [2.05, 4.69) is 10.3 Å². The second kappa shape index (κ2) is 8.26. The molecule has 1 amide bonds. The Morgan fingerprint density at radius 1 is 1.33 bits per heavy atom. The van der Waals surface area contributed by atoms with Crippen LogP contribution in [0.5, 0.6) is 0 Å². The maximum atomic E-state index is 12.2. The van der Waals surface area contributed by atoms with Gasteiger partial charge in [-0.25, -0.2) is 4.98 Å². The van der Waals surface area contributed by atoms with Gasteiger partial charge in [0.05, 0.1) is 10.6 Å². The molecule has 0 bridgehead atoms. The third kappa shape index (κ3) is 4.62. The Hall–Kier alpha value is -1.24. The van der Waals surface area contributed by atoms with E-state index in [4.69, 9.17) is 5.11 Å². The molecule has 0 aliphatic rings. The number of aliphatic hydroxyl groups excluding tert-OH is 1. The number of nitrogens with one attached hydrogen (secondary N) is 1. The standard InChI is InChI=1S/C15H20N2O2S2/c1-11-13(14(19)16-8-4-2-3-5-9-18)21-15(17-11)12-7-6-10-20-12/h6-7,10,18H,2-5,8-9H2,1H3,(H,16,19). The summed E-state index contributed by atoms with van der Waals surface area (Å²) < 4.78 is 0. The molecular formula is C15H20N2O2S2. The summed E-state index contributed by atoms with van der Waals surface area (Å²) in [5, 5.41) is 14.6. The van der Waals surface area contributed by atoms with E-state index >= 15 is 0 Å². The van der Waals surface area contributed by atoms with E-state index in [1.54, 1.807) is 11.3 Å². The van der Waals surface area contributed by atoms with Crippen LogP contribution in [0.25, 0.3) is 9.88 Å². The van der Waals surface area contributed by atoms with Crippen molar-refractivity contribution in [3.63, 3.8) is 0 Å². The molecule has 2 aromatic heterocycles. The third-order valence-corrected chi connectivity index (χ3v) is 5.30. The molecule has 0 fully saturated rings. The molecule has 4 nitrogen and oxygen atoms in total. The van der Waals surface area contributed by atoms with E-state index in [9.17, 15) is 4.79 Å². The number of unbranched alkanes of at least 4 members (excludes halogenated alkanes) is 3. The van der Waals surface area contributed by atoms with Gasteiger partial charge >= 0.3 is 0 Å². The first-order chi connectivity index (χ1) is 10.2. The molecule has 0 spiro atoms. The molecule has 6 heteroatoms. The van der Waals surface area contributed by atoms with E-state index < -0.39 is 0 Å². The molecule has 0 aromatic carbocycles. The molecule has 0 unspecified atom stereocenters. The Labute approximate surface area is 132 Å². The molecule has 2 rings (SSSR count). The first-order valence-electron chi connectivity index (χ1n) is 7.12. The highest BCUT2D eigenvalue weighted by Crippen LogP contribution is 2.30. The number of amides is 1. The van der Waals surface area contributed by atoms with Gasteiger partial charge < -0.3 is 10.4 Å². The lowest BCUT2D eigenvalue weighted by atomic mass is 10.2. The number of carbonyl (C=O) groups excluding carboxylic acids is 1. The van der Waals surface area contributed by atoms with Crippen molar-refractivity contribution in [2.75, 3.05) is 13.2 Å². The normalized spacial score (nSPS) is 10.8. The summed E-state index contributed by atoms with van der Waals surface area (Å²) in [6, 6.07) is 4.01. The van der Waals surface area contributed by atoms with E-state index in [1.165, 1.54) is 11.3 Å². The number of nitrogens with zero attached hydrogens (tertiary/aromatic N) is 1. The Balaban J connectivity index is 1.85. The molecule has 0 saturated heterocycles. The summed E-state index contributed by atoms with van der Waals surface area (Å²) in [5.74, 6) is -0.0324. The van der Waals surface area contributed by atoms with Crippen LogP contribution < -0.4 is 5.32 Å². The van der Waals surface area contributed by atoms with Crippen molar-refractivity contribution in [3.8, 4) is 9.88 Å². The van der Waals surface area contributed by atoms with Crippen LogP contribution >= 0.6 is 22.7 Å². The fourth-order valence-electron chi connectivity index (χ4n) is 1.99. The second-order valence-electron chi connectivity index (χ2n) is 4.80. The predicted molar refractivity (Wildman–Crippen MR) is 88.1 cm³/mol. The van der Waals surface area contributed by atoms with Crippen LogP contribution in [-0.2, 0) is 0 Å². The SMILES string of the molecule is Cc1nc(-c2cccs2)sc1C(=O)NCCCCCCO. The van der Waals surface area contributed by atoms with Gasteiger partial charge in [-0.2, -0.15) is 0 Å². The van der Waals surface area contributed by atoms with Crippen molar-refractivity contribution in [1.29, 1.82) is 0 Å². The summed E-state index contributed by atoms with van der Waals surface area (Å²) in [6.45, 7) is 2.80. The molecule has 2 heterocycles. The van der Waals surface area contributed by atoms with Gasteiger partial charge in [0.25, 0.3) is 5.91 Å². The van der Waals surface area contributed by atoms with E-state index in [0.717, 1.165) is 41.3 Å². The van der Waals surface area contributed by atoms with E-state index in [0.29, 0.717) is 11.4 Å². The van der Waals surface area contributed by atoms with Gasteiger partial charge in [-0.1, -0.05) is 18.9 Å². The second-order valence-corrected chi connectivity index (χ2v) is 6.75. The predicted octanol–water partition coefficient (Wildman–Crippen LogP) is 3.46. The lowest BCUT2D eigenvalue weighted by Crippen LogP contribution is -2.24. The van der Waals surface area contributed by atoms with Crippen LogP contribution in [0.4, 0.5) is 0 Å². The number of hydrogen-bond acceptors (Lipinski definition) is 5. The largest absolute Gasteiger partial charge is 0.396 e. The Bertz CT molecular complexity index is 564. The minimum atomic E-state index is -0.0324. The summed E-state index contributed by atoms with van der Waals surface area (Å²) in [5.41, 5.74) is 0.793. The van der Waals surface area contributed by atoms with Gasteiger partial charge in [0.1, 0.15) is 9.88 Å². The number of thiophene rings is 1. The molecule has 21 heavy (non-hydrogen) atoms. The van der Waals surface area contributed by atoms with Crippen LogP contribution in [0.1, 0.15) is 41.0 Å². The molecule has 0 saturated carbocycles. The average molecular weight is 324 g/mol. The van der Waals surface area contributed by atoms with E-state index in [1.807, 2.05) is 24.4 Å². The summed E-state index contributed by atoms with van der Waals surface area (Å²) in [6.07, 6.45) is 3.82. The van der Waals surface area contributed by atoms with Gasteiger partial charge in [-0.15, -0.1) is 22.7 Å². The highest BCUT2D eigenvalue weighted by atomic mass is 32.1. The van der Waals surface area contributed by atoms with Crippen molar-refractivity contribution in [2.45, 2.75) is 32.6 Å². The van der Waals surface area contributed by atoms with Crippen LogP contribution in [0, 0.1) is 6.92 Å². The van der Waals surface area contributed by atoms with E-state index in [-0.39, 0.29) is 12.5 Å². The number of aryl methyl sites for hydroxylation is 1. The fourth-order valence-corrected chi connectivity index (χ4v) is 3.76. The lowest BCUT2D eigenvalue weighted by molar-refractivity contribution is 0.0956. The molecular weight excluding hydrogens is 304 g/mol. The molecule has 0 atom stereocenters. The maximum absolute atomic E-state index is 12.2. The topological polar surface area (TPSA) is 62.2 Å². The number of carbonyl (C=O) groups is 1. The lowest BCUT2D eigenvalue weighted by Gasteiger charge is -2.03. The van der Waals surface area contributed by atoms with Crippen LogP contribution in [0.15, 0.2) is 17.5 Å². The summed E-state index contributed by atoms with van der Waals surface area (Å²) in [4.78, 5) is 18.4. The first-order valence-corrected chi connectivity index (χ1v) is 8.82. The number of aliphatic hydroxyl groups is 1. The quantitative estimate of drug-likeness (QED) is 0.731. The zero-order valence-electron chi connectivity index (χ0n) is 12.1. The highest BCUT2D eigenvalue weighted by Gasteiger charge is 2.16. The third-order valence-electron chi connectivity index (χ3n) is 3.11. The zero-order valence-corrected chi connectivity index (χ0v) is 13.7. The van der Waals surface area contributed by atoms with Crippen molar-refractivity contribution in [2.24, 2.45) is 0 Å². The van der Waals surface area contributed by atoms with Gasteiger partial charge in [0.2, 0.25) is 0 Å². The van der Waals surface area contributed by atoms with Crippen molar-refractivity contribution in [3.05, 3.63) is 28.1 Å². The number of hydrogen-bond donors (Lipinski definition) is 2. The van der Waals surface area contributed by atoms with Crippen LogP contribution in [-0.4, -0.2) is 29.1 Å². The van der Waals surface area contributed by atoms with Crippen LogP contribution in [0.2, 0.25) is 0 Å². The Kier molecular flexibility index (Phi) is 6.35. The zero-order chi connectivity index (χ0) is 15.1. The maximum Gasteiger partial charge on any atom is 0.263 e. The van der Waals surface area contributed by atoms with Gasteiger partial charge in [-0.05, 0) is 31.2 Å². The molecule has 114 valence electrons.